The van der Waals surface area contributed by atoms with E-state index in [1.165, 1.54) is 0 Å². The Hall–Kier alpha value is -1.74. The third-order valence-electron chi connectivity index (χ3n) is 4.85. The van der Waals surface area contributed by atoms with Gasteiger partial charge >= 0.3 is 0 Å². The molecule has 1 N–H and O–H groups in total. The lowest BCUT2D eigenvalue weighted by molar-refractivity contribution is 0.0956. The van der Waals surface area contributed by atoms with Crippen molar-refractivity contribution >= 4 is 19.7 Å². The first kappa shape index (κ1) is 20.0. The summed E-state index contributed by atoms with van der Waals surface area (Å²) in [6.07, 6.45) is -0.930. The highest BCUT2D eigenvalue weighted by molar-refractivity contribution is 7.91. The number of likely N-dealkylation sites (N-methyl/N-ethyl adjacent to an activating group) is 1. The summed E-state index contributed by atoms with van der Waals surface area (Å²) >= 11 is 0. The minimum atomic E-state index is -3.48. The molecule has 2 atom stereocenters. The smallest absolute Gasteiger partial charge is 0.182 e. The van der Waals surface area contributed by atoms with E-state index in [4.69, 9.17) is 0 Å². The van der Waals surface area contributed by atoms with Crippen molar-refractivity contribution in [1.29, 1.82) is 0 Å². The second-order valence-corrected chi connectivity index (χ2v) is 11.1. The van der Waals surface area contributed by atoms with Crippen LogP contribution >= 0.6 is 0 Å². The van der Waals surface area contributed by atoms with Crippen molar-refractivity contribution in [2.75, 3.05) is 18.6 Å². The molecule has 0 aromatic heterocycles. The highest BCUT2D eigenvalue weighted by atomic mass is 32.2. The standard InChI is InChI=1S/C19H23NO5S2/c1-20(18-13-26(22,23)14-19(18)21)11-15-7-5-6-8-16(15)12-27(24,25)17-9-3-2-4-10-17/h2-10,18-19,21H,11-14H2,1H3/t18-,19-/m1/s1. The van der Waals surface area contributed by atoms with Crippen LogP contribution in [0.2, 0.25) is 0 Å². The molecule has 146 valence electrons. The van der Waals surface area contributed by atoms with Gasteiger partial charge in [-0.25, -0.2) is 16.8 Å². The third kappa shape index (κ3) is 4.76. The van der Waals surface area contributed by atoms with E-state index < -0.39 is 31.8 Å². The van der Waals surface area contributed by atoms with Gasteiger partial charge in [-0.15, -0.1) is 0 Å². The maximum absolute atomic E-state index is 12.7. The fraction of sp³-hybridized carbons (Fsp3) is 0.368. The van der Waals surface area contributed by atoms with E-state index in [9.17, 15) is 21.9 Å². The van der Waals surface area contributed by atoms with Gasteiger partial charge < -0.3 is 5.11 Å². The van der Waals surface area contributed by atoms with Crippen LogP contribution in [-0.4, -0.2) is 57.5 Å². The number of aliphatic hydroxyl groups is 1. The highest BCUT2D eigenvalue weighted by Crippen LogP contribution is 2.23. The van der Waals surface area contributed by atoms with Gasteiger partial charge in [-0.05, 0) is 30.3 Å². The molecule has 2 aromatic carbocycles. The van der Waals surface area contributed by atoms with Gasteiger partial charge in [0.05, 0.1) is 34.3 Å². The number of benzene rings is 2. The summed E-state index contributed by atoms with van der Waals surface area (Å²) < 4.78 is 48.9. The predicted octanol–water partition coefficient (Wildman–Crippen LogP) is 1.25. The SMILES string of the molecule is CN(Cc1ccccc1CS(=O)(=O)c1ccccc1)[C@@H]1CS(=O)(=O)C[C@H]1O. The maximum Gasteiger partial charge on any atom is 0.182 e. The molecule has 1 aliphatic rings. The minimum Gasteiger partial charge on any atom is -0.390 e. The molecule has 0 aliphatic carbocycles. The van der Waals surface area contributed by atoms with Crippen molar-refractivity contribution in [3.63, 3.8) is 0 Å². The monoisotopic (exact) mass is 409 g/mol. The lowest BCUT2D eigenvalue weighted by Crippen LogP contribution is -2.40. The second kappa shape index (κ2) is 7.71. The molecule has 0 spiro atoms. The third-order valence-corrected chi connectivity index (χ3v) is 8.23. The van der Waals surface area contributed by atoms with E-state index in [1.54, 1.807) is 54.4 Å². The van der Waals surface area contributed by atoms with Crippen LogP contribution in [0, 0.1) is 0 Å². The van der Waals surface area contributed by atoms with Crippen LogP contribution in [0.25, 0.3) is 0 Å². The Morgan fingerprint density at radius 2 is 1.59 bits per heavy atom. The minimum absolute atomic E-state index is 0.0881. The number of aliphatic hydroxyl groups excluding tert-OH is 1. The van der Waals surface area contributed by atoms with Crippen LogP contribution in [0.15, 0.2) is 59.5 Å². The molecule has 1 saturated heterocycles. The Bertz CT molecular complexity index is 1000. The fourth-order valence-corrected chi connectivity index (χ4v) is 6.69. The van der Waals surface area contributed by atoms with Gasteiger partial charge in [-0.2, -0.15) is 0 Å². The first-order chi connectivity index (χ1) is 12.7. The molecular weight excluding hydrogens is 386 g/mol. The highest BCUT2D eigenvalue weighted by Gasteiger charge is 2.38. The van der Waals surface area contributed by atoms with Crippen molar-refractivity contribution < 1.29 is 21.9 Å². The summed E-state index contributed by atoms with van der Waals surface area (Å²) in [5.41, 5.74) is 1.47. The summed E-state index contributed by atoms with van der Waals surface area (Å²) in [5, 5.41) is 10.1. The molecular formula is C19H23NO5S2. The lowest BCUT2D eigenvalue weighted by atomic mass is 10.1. The summed E-state index contributed by atoms with van der Waals surface area (Å²) in [5.74, 6) is -0.451. The molecule has 8 heteroatoms. The van der Waals surface area contributed by atoms with Gasteiger partial charge in [-0.3, -0.25) is 4.90 Å². The van der Waals surface area contributed by atoms with Gasteiger partial charge in [0.15, 0.2) is 19.7 Å². The Kier molecular flexibility index (Phi) is 5.71. The van der Waals surface area contributed by atoms with Crippen molar-refractivity contribution in [2.24, 2.45) is 0 Å². The summed E-state index contributed by atoms with van der Waals surface area (Å²) in [6, 6.07) is 15.0. The first-order valence-electron chi connectivity index (χ1n) is 8.61. The zero-order valence-electron chi connectivity index (χ0n) is 15.0. The number of hydrogen-bond acceptors (Lipinski definition) is 6. The number of sulfone groups is 2. The quantitative estimate of drug-likeness (QED) is 0.772. The zero-order valence-corrected chi connectivity index (χ0v) is 16.7. The van der Waals surface area contributed by atoms with Gasteiger partial charge in [0.25, 0.3) is 0 Å². The maximum atomic E-state index is 12.7. The topological polar surface area (TPSA) is 91.8 Å². The summed E-state index contributed by atoms with van der Waals surface area (Å²) in [4.78, 5) is 2.05. The Morgan fingerprint density at radius 1 is 1.00 bits per heavy atom. The molecule has 0 bridgehead atoms. The molecule has 6 nitrogen and oxygen atoms in total. The van der Waals surface area contributed by atoms with Gasteiger partial charge in [0.1, 0.15) is 0 Å². The molecule has 1 heterocycles. The number of nitrogens with zero attached hydrogens (tertiary/aromatic N) is 1. The molecule has 0 unspecified atom stereocenters. The van der Waals surface area contributed by atoms with E-state index in [1.807, 2.05) is 12.1 Å². The number of hydrogen-bond donors (Lipinski definition) is 1. The van der Waals surface area contributed by atoms with E-state index in [0.717, 1.165) is 5.56 Å². The lowest BCUT2D eigenvalue weighted by Gasteiger charge is -2.26. The summed E-state index contributed by atoms with van der Waals surface area (Å²) in [7, 11) is -4.98. The molecule has 3 rings (SSSR count). The Balaban J connectivity index is 1.81. The van der Waals surface area contributed by atoms with Gasteiger partial charge in [-0.1, -0.05) is 42.5 Å². The number of rotatable bonds is 6. The van der Waals surface area contributed by atoms with Crippen molar-refractivity contribution in [1.82, 2.24) is 4.90 Å². The van der Waals surface area contributed by atoms with Crippen LogP contribution in [0.4, 0.5) is 0 Å². The van der Waals surface area contributed by atoms with Crippen LogP contribution in [0.1, 0.15) is 11.1 Å². The average Bonchev–Trinajstić information content (AvgIpc) is 2.90. The van der Waals surface area contributed by atoms with E-state index in [0.29, 0.717) is 12.1 Å². The fourth-order valence-electron chi connectivity index (χ4n) is 3.39. The Labute approximate surface area is 160 Å². The first-order valence-corrected chi connectivity index (χ1v) is 12.1. The zero-order chi connectivity index (χ0) is 19.7. The van der Waals surface area contributed by atoms with E-state index >= 15 is 0 Å². The Morgan fingerprint density at radius 3 is 2.19 bits per heavy atom. The molecule has 2 aromatic rings. The van der Waals surface area contributed by atoms with Crippen LogP contribution in [-0.2, 0) is 32.0 Å². The van der Waals surface area contributed by atoms with Gasteiger partial charge in [0.2, 0.25) is 0 Å². The van der Waals surface area contributed by atoms with E-state index in [2.05, 4.69) is 0 Å². The molecule has 0 radical (unpaired) electrons. The van der Waals surface area contributed by atoms with Crippen molar-refractivity contribution in [3.8, 4) is 0 Å². The molecule has 1 fully saturated rings. The van der Waals surface area contributed by atoms with Gasteiger partial charge in [0, 0.05) is 6.54 Å². The molecule has 0 saturated carbocycles. The average molecular weight is 410 g/mol. The predicted molar refractivity (Wildman–Crippen MR) is 104 cm³/mol. The van der Waals surface area contributed by atoms with Crippen LogP contribution in [0.3, 0.4) is 0 Å². The van der Waals surface area contributed by atoms with E-state index in [-0.39, 0.29) is 22.2 Å². The normalized spacial score (nSPS) is 22.2. The van der Waals surface area contributed by atoms with Crippen molar-refractivity contribution in [3.05, 3.63) is 65.7 Å². The van der Waals surface area contributed by atoms with Crippen molar-refractivity contribution in [2.45, 2.75) is 29.3 Å². The largest absolute Gasteiger partial charge is 0.390 e. The molecule has 0 amide bonds. The molecule has 1 aliphatic heterocycles. The van der Waals surface area contributed by atoms with Crippen LogP contribution < -0.4 is 0 Å². The molecule has 27 heavy (non-hydrogen) atoms. The summed E-state index contributed by atoms with van der Waals surface area (Å²) in [6.45, 7) is 0.359. The second-order valence-electron chi connectivity index (χ2n) is 6.97. The van der Waals surface area contributed by atoms with Crippen LogP contribution in [0.5, 0.6) is 0 Å².